The quantitative estimate of drug-likeness (QED) is 0.660. The topological polar surface area (TPSA) is 74.7 Å². The van der Waals surface area contributed by atoms with Crippen molar-refractivity contribution in [3.63, 3.8) is 0 Å². The third kappa shape index (κ3) is 2.11. The highest BCUT2D eigenvalue weighted by Gasteiger charge is 2.45. The summed E-state index contributed by atoms with van der Waals surface area (Å²) in [5, 5.41) is 9.84. The Hall–Kier alpha value is -2.43. The molecule has 1 aromatic rings. The predicted octanol–water partition coefficient (Wildman–Crippen LogP) is 1.99. The van der Waals surface area contributed by atoms with E-state index in [4.69, 9.17) is 0 Å². The van der Waals surface area contributed by atoms with Gasteiger partial charge in [-0.05, 0) is 12.1 Å². The summed E-state index contributed by atoms with van der Waals surface area (Å²) in [6.07, 6.45) is 0. The molecule has 0 spiro atoms. The minimum absolute atomic E-state index is 0.325. The highest BCUT2D eigenvalue weighted by atomic mass is 16.3. The zero-order chi connectivity index (χ0) is 15.1. The van der Waals surface area contributed by atoms with Crippen molar-refractivity contribution in [2.75, 3.05) is 4.90 Å². The van der Waals surface area contributed by atoms with E-state index in [1.54, 1.807) is 51.1 Å². The maximum Gasteiger partial charge on any atom is 0.301 e. The molecule has 1 aromatic carbocycles. The lowest BCUT2D eigenvalue weighted by Gasteiger charge is -2.18. The molecule has 0 bridgehead atoms. The highest BCUT2D eigenvalue weighted by molar-refractivity contribution is 6.41. The first-order valence-electron chi connectivity index (χ1n) is 6.17. The van der Waals surface area contributed by atoms with Gasteiger partial charge in [0.2, 0.25) is 0 Å². The first-order chi connectivity index (χ1) is 9.25. The summed E-state index contributed by atoms with van der Waals surface area (Å²) in [6.45, 7) is 4.87. The molecule has 1 N–H and O–H groups in total. The van der Waals surface area contributed by atoms with E-state index in [9.17, 15) is 19.5 Å². The van der Waals surface area contributed by atoms with Crippen molar-refractivity contribution < 1.29 is 19.5 Å². The number of carbonyl (C=O) groups is 3. The third-order valence-electron chi connectivity index (χ3n) is 2.98. The van der Waals surface area contributed by atoms with Crippen LogP contribution in [0.4, 0.5) is 5.69 Å². The second kappa shape index (κ2) is 4.59. The average molecular weight is 273 g/mol. The first-order valence-corrected chi connectivity index (χ1v) is 6.17. The standard InChI is InChI=1S/C15H15NO4/c1-15(2,3)12(18)10-11(17)14(20)16(13(10)19)9-7-5-4-6-8-9/h4-8,17H,1-3H3. The van der Waals surface area contributed by atoms with Crippen molar-refractivity contribution in [2.24, 2.45) is 5.41 Å². The van der Waals surface area contributed by atoms with Crippen LogP contribution in [0.1, 0.15) is 20.8 Å². The smallest absolute Gasteiger partial charge is 0.301 e. The molecule has 0 aromatic heterocycles. The molecule has 0 saturated carbocycles. The summed E-state index contributed by atoms with van der Waals surface area (Å²) in [5.41, 5.74) is -0.969. The number of Topliss-reactive ketones (excluding diaryl/α,β-unsaturated/α-hetero) is 1. The molecule has 2 amide bonds. The number of hydrogen-bond donors (Lipinski definition) is 1. The van der Waals surface area contributed by atoms with Crippen LogP contribution in [-0.2, 0) is 14.4 Å². The van der Waals surface area contributed by atoms with Crippen LogP contribution < -0.4 is 4.90 Å². The molecule has 5 heteroatoms. The Morgan fingerprint density at radius 3 is 2.10 bits per heavy atom. The van der Waals surface area contributed by atoms with Crippen LogP contribution in [0.3, 0.4) is 0 Å². The van der Waals surface area contributed by atoms with E-state index >= 15 is 0 Å². The van der Waals surface area contributed by atoms with E-state index < -0.39 is 34.3 Å². The lowest BCUT2D eigenvalue weighted by molar-refractivity contribution is -0.125. The van der Waals surface area contributed by atoms with E-state index in [1.165, 1.54) is 0 Å². The molecule has 0 saturated heterocycles. The Kier molecular flexibility index (Phi) is 3.21. The molecular formula is C15H15NO4. The van der Waals surface area contributed by atoms with Crippen LogP contribution in [0, 0.1) is 5.41 Å². The number of aliphatic hydroxyl groups is 1. The minimum Gasteiger partial charge on any atom is -0.502 e. The predicted molar refractivity (Wildman–Crippen MR) is 73.1 cm³/mol. The Labute approximate surface area is 116 Å². The zero-order valence-corrected chi connectivity index (χ0v) is 11.5. The van der Waals surface area contributed by atoms with Gasteiger partial charge in [-0.15, -0.1) is 0 Å². The molecule has 1 heterocycles. The number of nitrogens with zero attached hydrogens (tertiary/aromatic N) is 1. The largest absolute Gasteiger partial charge is 0.502 e. The van der Waals surface area contributed by atoms with Crippen LogP contribution in [0.5, 0.6) is 0 Å². The number of ketones is 1. The molecule has 0 fully saturated rings. The van der Waals surface area contributed by atoms with E-state index in [1.807, 2.05) is 0 Å². The molecule has 20 heavy (non-hydrogen) atoms. The van der Waals surface area contributed by atoms with Gasteiger partial charge in [-0.2, -0.15) is 0 Å². The van der Waals surface area contributed by atoms with Gasteiger partial charge in [-0.25, -0.2) is 4.90 Å². The Bertz CT molecular complexity index is 623. The second-order valence-electron chi connectivity index (χ2n) is 5.58. The molecular weight excluding hydrogens is 258 g/mol. The molecule has 0 atom stereocenters. The van der Waals surface area contributed by atoms with Gasteiger partial charge in [-0.1, -0.05) is 39.0 Å². The maximum atomic E-state index is 12.3. The summed E-state index contributed by atoms with van der Waals surface area (Å²) in [4.78, 5) is 37.3. The number of rotatable bonds is 2. The summed E-state index contributed by atoms with van der Waals surface area (Å²) >= 11 is 0. The van der Waals surface area contributed by atoms with Gasteiger partial charge in [-0.3, -0.25) is 14.4 Å². The molecule has 5 nitrogen and oxygen atoms in total. The normalized spacial score (nSPS) is 16.1. The van der Waals surface area contributed by atoms with Crippen molar-refractivity contribution in [1.29, 1.82) is 0 Å². The van der Waals surface area contributed by atoms with E-state index in [0.717, 1.165) is 4.90 Å². The number of anilines is 1. The molecule has 0 radical (unpaired) electrons. The number of para-hydroxylation sites is 1. The Balaban J connectivity index is 2.46. The van der Waals surface area contributed by atoms with Crippen molar-refractivity contribution in [2.45, 2.75) is 20.8 Å². The fourth-order valence-corrected chi connectivity index (χ4v) is 1.91. The van der Waals surface area contributed by atoms with Crippen LogP contribution in [-0.4, -0.2) is 22.7 Å². The van der Waals surface area contributed by atoms with Gasteiger partial charge < -0.3 is 5.11 Å². The van der Waals surface area contributed by atoms with Crippen LogP contribution in [0.25, 0.3) is 0 Å². The average Bonchev–Trinajstić information content (AvgIpc) is 2.60. The molecule has 2 rings (SSSR count). The third-order valence-corrected chi connectivity index (χ3v) is 2.98. The number of amides is 2. The number of hydrogen-bond acceptors (Lipinski definition) is 4. The zero-order valence-electron chi connectivity index (χ0n) is 11.5. The Morgan fingerprint density at radius 1 is 1.05 bits per heavy atom. The molecule has 0 aliphatic carbocycles. The Morgan fingerprint density at radius 2 is 1.60 bits per heavy atom. The minimum atomic E-state index is -0.867. The fourth-order valence-electron chi connectivity index (χ4n) is 1.91. The van der Waals surface area contributed by atoms with Gasteiger partial charge in [0.05, 0.1) is 5.69 Å². The summed E-state index contributed by atoms with van der Waals surface area (Å²) < 4.78 is 0. The van der Waals surface area contributed by atoms with Gasteiger partial charge in [0.25, 0.3) is 5.91 Å². The van der Waals surface area contributed by atoms with Crippen LogP contribution in [0.15, 0.2) is 41.7 Å². The van der Waals surface area contributed by atoms with E-state index in [-0.39, 0.29) is 0 Å². The van der Waals surface area contributed by atoms with Gasteiger partial charge in [0.1, 0.15) is 5.57 Å². The molecule has 0 unspecified atom stereocenters. The van der Waals surface area contributed by atoms with Gasteiger partial charge in [0, 0.05) is 5.41 Å². The lowest BCUT2D eigenvalue weighted by Crippen LogP contribution is -2.34. The van der Waals surface area contributed by atoms with Gasteiger partial charge >= 0.3 is 5.91 Å². The molecule has 104 valence electrons. The lowest BCUT2D eigenvalue weighted by atomic mass is 9.86. The fraction of sp³-hybridized carbons (Fsp3) is 0.267. The second-order valence-corrected chi connectivity index (χ2v) is 5.58. The number of imide groups is 1. The van der Waals surface area contributed by atoms with Crippen LogP contribution >= 0.6 is 0 Å². The van der Waals surface area contributed by atoms with Crippen molar-refractivity contribution >= 4 is 23.3 Å². The van der Waals surface area contributed by atoms with Crippen LogP contribution in [0.2, 0.25) is 0 Å². The summed E-state index contributed by atoms with van der Waals surface area (Å²) in [7, 11) is 0. The van der Waals surface area contributed by atoms with Crippen molar-refractivity contribution in [3.05, 3.63) is 41.7 Å². The first kappa shape index (κ1) is 14.0. The molecule has 1 aliphatic rings. The number of benzene rings is 1. The number of carbonyl (C=O) groups excluding carboxylic acids is 3. The number of aliphatic hydroxyl groups excluding tert-OH is 1. The van der Waals surface area contributed by atoms with Crippen molar-refractivity contribution in [3.8, 4) is 0 Å². The van der Waals surface area contributed by atoms with E-state index in [2.05, 4.69) is 0 Å². The van der Waals surface area contributed by atoms with E-state index in [0.29, 0.717) is 5.69 Å². The highest BCUT2D eigenvalue weighted by Crippen LogP contribution is 2.30. The SMILES string of the molecule is CC(C)(C)C(=O)C1=C(O)C(=O)N(c2ccccc2)C1=O. The summed E-state index contributed by atoms with van der Waals surface area (Å²) in [5.74, 6) is -2.97. The van der Waals surface area contributed by atoms with Gasteiger partial charge in [0.15, 0.2) is 11.5 Å². The monoisotopic (exact) mass is 273 g/mol. The maximum absolute atomic E-state index is 12.3. The summed E-state index contributed by atoms with van der Waals surface area (Å²) in [6, 6.07) is 8.19. The molecule has 1 aliphatic heterocycles. The van der Waals surface area contributed by atoms with Crippen molar-refractivity contribution in [1.82, 2.24) is 0 Å².